The number of anilines is 2. The van der Waals surface area contributed by atoms with Crippen molar-refractivity contribution in [2.75, 3.05) is 63.6 Å². The molecule has 0 aliphatic carbocycles. The number of nitriles is 1. The van der Waals surface area contributed by atoms with E-state index in [2.05, 4.69) is 37.4 Å². The summed E-state index contributed by atoms with van der Waals surface area (Å²) in [7, 11) is 3.65. The van der Waals surface area contributed by atoms with Crippen LogP contribution in [0.3, 0.4) is 0 Å². The van der Waals surface area contributed by atoms with Crippen molar-refractivity contribution in [3.8, 4) is 17.8 Å². The molecular weight excluding hydrogens is 530 g/mol. The number of benzene rings is 2. The Morgan fingerprint density at radius 3 is 2.17 bits per heavy atom. The first-order valence-electron chi connectivity index (χ1n) is 14.4. The number of phenolic OH excluding ortho intramolecular Hbond substituents is 1. The van der Waals surface area contributed by atoms with Crippen molar-refractivity contribution in [2.45, 2.75) is 54.9 Å². The minimum Gasteiger partial charge on any atom is -0.508 e. The van der Waals surface area contributed by atoms with Gasteiger partial charge in [-0.3, -0.25) is 4.79 Å². The molecular formula is C32H51N7O3. The average Bonchev–Trinajstić information content (AvgIpc) is 3.50. The normalized spacial score (nSPS) is 13.5. The van der Waals surface area contributed by atoms with Crippen LogP contribution in [0.15, 0.2) is 42.5 Å². The van der Waals surface area contributed by atoms with E-state index in [4.69, 9.17) is 10.00 Å². The summed E-state index contributed by atoms with van der Waals surface area (Å²) < 4.78 is 5.19. The summed E-state index contributed by atoms with van der Waals surface area (Å²) in [6.07, 6.45) is 2.83. The number of aromatic hydroxyl groups is 1. The lowest BCUT2D eigenvalue weighted by Crippen LogP contribution is -2.44. The predicted molar refractivity (Wildman–Crippen MR) is 175 cm³/mol. The number of hydrogen-bond donors (Lipinski definition) is 3. The molecule has 2 aromatic carbocycles. The molecule has 1 amide bonds. The van der Waals surface area contributed by atoms with Crippen molar-refractivity contribution in [2.24, 2.45) is 0 Å². The molecule has 2 aliphatic rings. The van der Waals surface area contributed by atoms with Gasteiger partial charge in [0.05, 0.1) is 18.9 Å². The zero-order valence-corrected chi connectivity index (χ0v) is 25.7. The number of fused-ring (bicyclic) bond motifs is 1. The average molecular weight is 582 g/mol. The third-order valence-electron chi connectivity index (χ3n) is 5.97. The molecule has 3 aromatic rings. The minimum absolute atomic E-state index is 0. The smallest absolute Gasteiger partial charge is 0.318 e. The lowest BCUT2D eigenvalue weighted by atomic mass is 10.1. The molecule has 1 aromatic heterocycles. The molecule has 2 aliphatic heterocycles. The number of carbonyl (C=O) groups excluding carboxylic acids is 1. The summed E-state index contributed by atoms with van der Waals surface area (Å²) in [5.41, 5.74) is 0.717. The van der Waals surface area contributed by atoms with E-state index in [1.54, 1.807) is 18.2 Å². The van der Waals surface area contributed by atoms with Crippen LogP contribution in [0.1, 0.15) is 65.4 Å². The molecule has 5 rings (SSSR count). The zero-order chi connectivity index (χ0) is 30.6. The van der Waals surface area contributed by atoms with Crippen LogP contribution in [0, 0.1) is 11.3 Å². The molecule has 3 N–H and O–H groups in total. The number of methoxy groups -OCH3 is 1. The Kier molecular flexibility index (Phi) is 19.7. The molecule has 0 saturated carbocycles. The highest BCUT2D eigenvalue weighted by Crippen LogP contribution is 2.29. The second kappa shape index (κ2) is 21.8. The molecule has 0 radical (unpaired) electrons. The number of hydrogen-bond acceptors (Lipinski definition) is 9. The van der Waals surface area contributed by atoms with E-state index in [1.807, 2.05) is 52.0 Å². The Hall–Kier alpha value is -3.94. The molecule has 2 saturated heterocycles. The van der Waals surface area contributed by atoms with Crippen LogP contribution in [-0.4, -0.2) is 79.3 Å². The van der Waals surface area contributed by atoms with Gasteiger partial charge in [-0.25, -0.2) is 0 Å². The fraction of sp³-hybridized carbons (Fsp3) is 0.500. The van der Waals surface area contributed by atoms with Crippen molar-refractivity contribution in [3.05, 3.63) is 48.2 Å². The number of rotatable bonds is 4. The van der Waals surface area contributed by atoms with E-state index in [0.717, 1.165) is 37.0 Å². The molecule has 0 unspecified atom stereocenters. The number of aromatic nitrogens is 2. The second-order valence-corrected chi connectivity index (χ2v) is 8.74. The van der Waals surface area contributed by atoms with Crippen LogP contribution < -0.4 is 20.3 Å². The molecule has 10 nitrogen and oxygen atoms in total. The van der Waals surface area contributed by atoms with Crippen molar-refractivity contribution in [3.63, 3.8) is 0 Å². The number of amides is 1. The van der Waals surface area contributed by atoms with Gasteiger partial charge in [0.2, 0.25) is 0 Å². The monoisotopic (exact) mass is 581 g/mol. The van der Waals surface area contributed by atoms with Crippen molar-refractivity contribution >= 4 is 28.2 Å². The second-order valence-electron chi connectivity index (χ2n) is 8.74. The summed E-state index contributed by atoms with van der Waals surface area (Å²) in [5.74, 6) is 0.336. The Morgan fingerprint density at radius 1 is 1.02 bits per heavy atom. The van der Waals surface area contributed by atoms with Gasteiger partial charge in [-0.15, -0.1) is 0 Å². The summed E-state index contributed by atoms with van der Waals surface area (Å²) in [6, 6.07) is 14.2. The van der Waals surface area contributed by atoms with Crippen LogP contribution in [0.25, 0.3) is 10.8 Å². The third-order valence-corrected chi connectivity index (χ3v) is 5.97. The molecule has 2 fully saturated rings. The molecule has 0 spiro atoms. The van der Waals surface area contributed by atoms with Gasteiger partial charge in [0.1, 0.15) is 17.3 Å². The largest absolute Gasteiger partial charge is 0.508 e. The first-order valence-corrected chi connectivity index (χ1v) is 14.4. The lowest BCUT2D eigenvalue weighted by molar-refractivity contribution is 0.102. The van der Waals surface area contributed by atoms with Gasteiger partial charge >= 0.3 is 6.01 Å². The molecule has 232 valence electrons. The third kappa shape index (κ3) is 12.3. The van der Waals surface area contributed by atoms with E-state index >= 15 is 0 Å². The number of carbonyl (C=O) groups is 1. The Morgan fingerprint density at radius 2 is 1.62 bits per heavy atom. The maximum atomic E-state index is 12.9. The fourth-order valence-corrected chi connectivity index (χ4v) is 4.14. The van der Waals surface area contributed by atoms with Crippen molar-refractivity contribution in [1.29, 1.82) is 5.26 Å². The number of piperazine rings is 1. The minimum atomic E-state index is -0.396. The van der Waals surface area contributed by atoms with E-state index in [-0.39, 0.29) is 24.9 Å². The highest BCUT2D eigenvalue weighted by molar-refractivity contribution is 6.09. The fourth-order valence-electron chi connectivity index (χ4n) is 4.14. The summed E-state index contributed by atoms with van der Waals surface area (Å²) >= 11 is 0. The molecule has 42 heavy (non-hydrogen) atoms. The van der Waals surface area contributed by atoms with Gasteiger partial charge in [-0.2, -0.15) is 15.2 Å². The van der Waals surface area contributed by atoms with Crippen LogP contribution in [0.2, 0.25) is 0 Å². The Balaban J connectivity index is 0.00000102. The van der Waals surface area contributed by atoms with Gasteiger partial charge < -0.3 is 30.3 Å². The maximum absolute atomic E-state index is 12.9. The molecule has 3 heterocycles. The number of nitrogens with zero attached hydrogens (tertiary/aromatic N) is 5. The Bertz CT molecular complexity index is 1220. The van der Waals surface area contributed by atoms with Crippen LogP contribution >= 0.6 is 0 Å². The number of nitrogens with one attached hydrogen (secondary N) is 2. The van der Waals surface area contributed by atoms with E-state index < -0.39 is 5.91 Å². The summed E-state index contributed by atoms with van der Waals surface area (Å²) in [5, 5.41) is 25.1. The standard InChI is InChI=1S/C20H21N5O3.C5H11N.C2H3N.2C2H6.CH4/c1-28-20-23-17(12-18(24-20)25-8-6-21-7-9-25)19(27)22-16-11-14(26)10-13-4-2-3-5-15(13)16;1-6-4-2-3-5-6;1-2-3;2*1-2;/h2-5,10-12,21,26H,6-9H2,1H3,(H,22,27);2-5H2,1H3;1H3;2*1-2H3;1H4. The van der Waals surface area contributed by atoms with E-state index in [0.29, 0.717) is 11.5 Å². The van der Waals surface area contributed by atoms with Crippen LogP contribution in [0.5, 0.6) is 11.8 Å². The predicted octanol–water partition coefficient (Wildman–Crippen LogP) is 5.94. The van der Waals surface area contributed by atoms with Gasteiger partial charge in [-0.1, -0.05) is 59.4 Å². The number of ether oxygens (including phenoxy) is 1. The van der Waals surface area contributed by atoms with Gasteiger partial charge in [-0.05, 0) is 44.4 Å². The summed E-state index contributed by atoms with van der Waals surface area (Å²) in [6.45, 7) is 15.4. The van der Waals surface area contributed by atoms with Gasteiger partial charge in [0.25, 0.3) is 5.91 Å². The van der Waals surface area contributed by atoms with Crippen LogP contribution in [-0.2, 0) is 0 Å². The highest BCUT2D eigenvalue weighted by atomic mass is 16.5. The number of phenols is 1. The first kappa shape index (κ1) is 38.1. The molecule has 10 heteroatoms. The lowest BCUT2D eigenvalue weighted by Gasteiger charge is -2.28. The Labute approximate surface area is 252 Å². The van der Waals surface area contributed by atoms with Gasteiger partial charge in [0.15, 0.2) is 0 Å². The van der Waals surface area contributed by atoms with Crippen molar-refractivity contribution < 1.29 is 14.6 Å². The summed E-state index contributed by atoms with van der Waals surface area (Å²) in [4.78, 5) is 25.9. The van der Waals surface area contributed by atoms with Crippen LogP contribution in [0.4, 0.5) is 11.5 Å². The quantitative estimate of drug-likeness (QED) is 0.343. The highest BCUT2D eigenvalue weighted by Gasteiger charge is 2.18. The first-order chi connectivity index (χ1) is 19.9. The molecule has 0 bridgehead atoms. The number of likely N-dealkylation sites (tertiary alicyclic amines) is 1. The molecule has 0 atom stereocenters. The topological polar surface area (TPSA) is 127 Å². The van der Waals surface area contributed by atoms with E-state index in [1.165, 1.54) is 46.0 Å². The van der Waals surface area contributed by atoms with E-state index in [9.17, 15) is 9.90 Å². The van der Waals surface area contributed by atoms with Crippen molar-refractivity contribution in [1.82, 2.24) is 20.2 Å². The SMILES string of the molecule is C.CC.CC.CC#N.CN1CCCC1.COc1nc(C(=O)Nc2cc(O)cc3ccccc23)cc(N2CCNCC2)n1. The van der Waals surface area contributed by atoms with Gasteiger partial charge in [0, 0.05) is 50.6 Å². The zero-order valence-electron chi connectivity index (χ0n) is 25.7. The maximum Gasteiger partial charge on any atom is 0.318 e.